The van der Waals surface area contributed by atoms with E-state index in [1.165, 1.54) is 12.4 Å². The van der Waals surface area contributed by atoms with Gasteiger partial charge in [0.25, 0.3) is 0 Å². The lowest BCUT2D eigenvalue weighted by Gasteiger charge is -2.46. The summed E-state index contributed by atoms with van der Waals surface area (Å²) in [4.78, 5) is 10.5. The Kier molecular flexibility index (Phi) is 8.22. The molecule has 1 fully saturated rings. The van der Waals surface area contributed by atoms with Crippen molar-refractivity contribution >= 4 is 68.8 Å². The molecule has 2 aromatic heterocycles. The van der Waals surface area contributed by atoms with Gasteiger partial charge >= 0.3 is 0 Å². The number of ether oxygens (including phenoxy) is 1. The summed E-state index contributed by atoms with van der Waals surface area (Å²) in [6.07, 6.45) is 4.62. The first-order valence-electron chi connectivity index (χ1n) is 10.9. The van der Waals surface area contributed by atoms with Crippen molar-refractivity contribution in [2.45, 2.75) is 25.5 Å². The summed E-state index contributed by atoms with van der Waals surface area (Å²) in [7, 11) is 0. The van der Waals surface area contributed by atoms with Crippen LogP contribution >= 0.6 is 51.6 Å². The van der Waals surface area contributed by atoms with Gasteiger partial charge in [-0.25, -0.2) is 4.98 Å². The summed E-state index contributed by atoms with van der Waals surface area (Å²) < 4.78 is 6.15. The first kappa shape index (κ1) is 26.8. The standard InChI is InChI=1S/C24H23Cl2IN7OP/c1-13(21-18(25)9-31-10-19(21)26)35-16-3-4-20(33-36-27)17(6-16)22(29)15-5-14(7-28)23(32-8-15)34-11-24(2,30)12-34/h3-6,8-10,13,29,33,36H,11-12,30H2,1-2H3/t13-/m1/s1. The third-order valence-corrected chi connectivity index (χ3v) is 7.51. The highest BCUT2D eigenvalue weighted by molar-refractivity contribution is 14.2. The van der Waals surface area contributed by atoms with E-state index in [0.29, 0.717) is 63.3 Å². The van der Waals surface area contributed by atoms with Gasteiger partial charge in [0.2, 0.25) is 0 Å². The number of hydrogen-bond donors (Lipinski definition) is 3. The van der Waals surface area contributed by atoms with Gasteiger partial charge in [0.05, 0.1) is 21.3 Å². The molecule has 3 heterocycles. The quantitative estimate of drug-likeness (QED) is 0.152. The van der Waals surface area contributed by atoms with E-state index in [1.54, 1.807) is 18.3 Å². The highest BCUT2D eigenvalue weighted by atomic mass is 127. The van der Waals surface area contributed by atoms with E-state index in [4.69, 9.17) is 39.1 Å². The summed E-state index contributed by atoms with van der Waals surface area (Å²) in [5.41, 5.74) is 9.01. The molecule has 186 valence electrons. The Bertz CT molecular complexity index is 1340. The van der Waals surface area contributed by atoms with Crippen molar-refractivity contribution in [2.24, 2.45) is 5.73 Å². The molecule has 3 aromatic rings. The molecule has 1 saturated heterocycles. The van der Waals surface area contributed by atoms with Crippen molar-refractivity contribution < 1.29 is 4.74 Å². The van der Waals surface area contributed by atoms with Gasteiger partial charge in [-0.05, 0) is 60.2 Å². The minimum Gasteiger partial charge on any atom is -0.486 e. The van der Waals surface area contributed by atoms with Gasteiger partial charge in [-0.1, -0.05) is 23.2 Å². The van der Waals surface area contributed by atoms with Gasteiger partial charge in [0.1, 0.15) is 23.7 Å². The predicted octanol–water partition coefficient (Wildman–Crippen LogP) is 6.10. The SMILES string of the molecule is C[C@@H](Oc1ccc(NPI)c(C(=N)c2cnc(N3CC(C)(N)C3)c(C#N)c2)c1)c1c(Cl)cncc1Cl. The van der Waals surface area contributed by atoms with Crippen LogP contribution in [0.2, 0.25) is 10.0 Å². The number of benzene rings is 1. The number of rotatable bonds is 8. The second kappa shape index (κ2) is 11.0. The Hall–Kier alpha value is -2.22. The molecule has 1 unspecified atom stereocenters. The fourth-order valence-electron chi connectivity index (χ4n) is 4.10. The molecule has 0 amide bonds. The number of nitrogens with two attached hydrogens (primary N) is 1. The molecule has 12 heteroatoms. The average molecular weight is 654 g/mol. The molecule has 0 aliphatic carbocycles. The largest absolute Gasteiger partial charge is 0.486 e. The van der Waals surface area contributed by atoms with Gasteiger partial charge in [-0.3, -0.25) is 10.4 Å². The van der Waals surface area contributed by atoms with Crippen LogP contribution in [-0.2, 0) is 0 Å². The van der Waals surface area contributed by atoms with E-state index in [9.17, 15) is 5.26 Å². The number of pyridine rings is 2. The maximum absolute atomic E-state index is 9.75. The first-order chi connectivity index (χ1) is 17.1. The zero-order valence-corrected chi connectivity index (χ0v) is 24.1. The molecule has 0 radical (unpaired) electrons. The van der Waals surface area contributed by atoms with Crippen LogP contribution in [0.4, 0.5) is 11.5 Å². The highest BCUT2D eigenvalue weighted by Gasteiger charge is 2.36. The van der Waals surface area contributed by atoms with E-state index < -0.39 is 6.10 Å². The van der Waals surface area contributed by atoms with Crippen LogP contribution in [0.3, 0.4) is 0 Å². The number of nitriles is 1. The van der Waals surface area contributed by atoms with Crippen molar-refractivity contribution in [1.29, 1.82) is 10.7 Å². The number of nitrogens with one attached hydrogen (secondary N) is 2. The minimum atomic E-state index is -0.448. The summed E-state index contributed by atoms with van der Waals surface area (Å²) in [5.74, 6) is 1.13. The summed E-state index contributed by atoms with van der Waals surface area (Å²) in [6.45, 7) is 5.06. The summed E-state index contributed by atoms with van der Waals surface area (Å²) in [5, 5.41) is 22.8. The maximum Gasteiger partial charge on any atom is 0.146 e. The zero-order valence-electron chi connectivity index (χ0n) is 19.4. The van der Waals surface area contributed by atoms with Gasteiger partial charge in [-0.15, -0.1) is 0 Å². The third-order valence-electron chi connectivity index (χ3n) is 5.73. The van der Waals surface area contributed by atoms with Crippen LogP contribution < -0.4 is 20.5 Å². The van der Waals surface area contributed by atoms with Crippen molar-refractivity contribution in [3.63, 3.8) is 0 Å². The van der Waals surface area contributed by atoms with E-state index in [-0.39, 0.29) is 11.3 Å². The van der Waals surface area contributed by atoms with E-state index >= 15 is 0 Å². The lowest BCUT2D eigenvalue weighted by Crippen LogP contribution is -2.66. The Balaban J connectivity index is 1.64. The van der Waals surface area contributed by atoms with Crippen molar-refractivity contribution in [3.05, 3.63) is 75.2 Å². The first-order valence-corrected chi connectivity index (χ1v) is 15.7. The molecule has 2 atom stereocenters. The van der Waals surface area contributed by atoms with Gasteiger partial charge in [-0.2, -0.15) is 5.26 Å². The Morgan fingerprint density at radius 3 is 2.61 bits per heavy atom. The topological polar surface area (TPSA) is 124 Å². The van der Waals surface area contributed by atoms with Crippen molar-refractivity contribution in [3.8, 4) is 11.8 Å². The van der Waals surface area contributed by atoms with Crippen molar-refractivity contribution in [1.82, 2.24) is 9.97 Å². The second-order valence-electron chi connectivity index (χ2n) is 8.80. The number of aromatic nitrogens is 2. The summed E-state index contributed by atoms with van der Waals surface area (Å²) in [6, 6.07) is 9.38. The lowest BCUT2D eigenvalue weighted by molar-refractivity contribution is 0.227. The van der Waals surface area contributed by atoms with Gasteiger partial charge in [0, 0.05) is 66.0 Å². The van der Waals surface area contributed by atoms with Crippen molar-refractivity contribution in [2.75, 3.05) is 23.1 Å². The zero-order chi connectivity index (χ0) is 26.0. The lowest BCUT2D eigenvalue weighted by atomic mass is 9.93. The fourth-order valence-corrected chi connectivity index (χ4v) is 5.96. The summed E-state index contributed by atoms with van der Waals surface area (Å²) >= 11 is 14.8. The molecule has 4 N–H and O–H groups in total. The average Bonchev–Trinajstić information content (AvgIpc) is 2.82. The molecule has 0 saturated carbocycles. The molecule has 1 aliphatic rings. The third kappa shape index (κ3) is 5.68. The number of anilines is 2. The van der Waals surface area contributed by atoms with Crippen LogP contribution in [0, 0.1) is 16.7 Å². The molecular weight excluding hydrogens is 631 g/mol. The molecule has 1 aliphatic heterocycles. The molecule has 1 aromatic carbocycles. The van der Waals surface area contributed by atoms with Gasteiger partial charge < -0.3 is 20.5 Å². The van der Waals surface area contributed by atoms with Gasteiger partial charge in [0.15, 0.2) is 0 Å². The van der Waals surface area contributed by atoms with Crippen LogP contribution in [-0.4, -0.2) is 34.3 Å². The Morgan fingerprint density at radius 1 is 1.31 bits per heavy atom. The molecule has 8 nitrogen and oxygen atoms in total. The van der Waals surface area contributed by atoms with Crippen LogP contribution in [0.25, 0.3) is 0 Å². The molecule has 4 rings (SSSR count). The maximum atomic E-state index is 9.75. The smallest absolute Gasteiger partial charge is 0.146 e. The molecule has 0 spiro atoms. The van der Waals surface area contributed by atoms with Crippen LogP contribution in [0.5, 0.6) is 5.75 Å². The second-order valence-corrected chi connectivity index (χ2v) is 11.7. The monoisotopic (exact) mass is 653 g/mol. The number of hydrogen-bond acceptors (Lipinski definition) is 8. The molecular formula is C24H23Cl2IN7OP. The normalized spacial score (nSPS) is 15.3. The molecule has 0 bridgehead atoms. The van der Waals surface area contributed by atoms with E-state index in [2.05, 4.69) is 43.2 Å². The van der Waals surface area contributed by atoms with E-state index in [1.807, 2.05) is 30.9 Å². The number of nitrogens with zero attached hydrogens (tertiary/aromatic N) is 4. The van der Waals surface area contributed by atoms with Crippen LogP contribution in [0.15, 0.2) is 42.9 Å². The predicted molar refractivity (Wildman–Crippen MR) is 155 cm³/mol. The van der Waals surface area contributed by atoms with Crippen LogP contribution in [0.1, 0.15) is 42.2 Å². The Labute approximate surface area is 234 Å². The molecule has 36 heavy (non-hydrogen) atoms. The fraction of sp³-hybridized carbons (Fsp3) is 0.250. The minimum absolute atomic E-state index is 0.216. The number of halogens is 3. The highest BCUT2D eigenvalue weighted by Crippen LogP contribution is 2.36. The van der Waals surface area contributed by atoms with E-state index in [0.717, 1.165) is 5.69 Å². The Morgan fingerprint density at radius 2 is 2.00 bits per heavy atom.